The Labute approximate surface area is 130 Å². The molecule has 1 aliphatic rings. The topological polar surface area (TPSA) is 81.2 Å². The summed E-state index contributed by atoms with van der Waals surface area (Å²) in [7, 11) is -3.49. The summed E-state index contributed by atoms with van der Waals surface area (Å²) in [6, 6.07) is 9.32. The quantitative estimate of drug-likeness (QED) is 0.912. The van der Waals surface area contributed by atoms with Gasteiger partial charge in [-0.05, 0) is 18.6 Å². The van der Waals surface area contributed by atoms with Gasteiger partial charge in [-0.1, -0.05) is 18.2 Å². The standard InChI is InChI=1S/C13H16N4O2S.ClH/c14-11-6-7-16(9-11)20(18,19)13-8-15-17(10-13)12-4-2-1-3-5-12;/h1-5,8,10-11H,6-7,9,14H2;1H/t11-;/m1./s1. The van der Waals surface area contributed by atoms with E-state index in [1.807, 2.05) is 30.3 Å². The molecule has 1 aliphatic heterocycles. The number of benzene rings is 1. The minimum Gasteiger partial charge on any atom is -0.326 e. The first-order valence-electron chi connectivity index (χ1n) is 6.43. The summed E-state index contributed by atoms with van der Waals surface area (Å²) in [5, 5.41) is 4.12. The summed E-state index contributed by atoms with van der Waals surface area (Å²) in [6.45, 7) is 0.846. The average molecular weight is 329 g/mol. The first-order valence-corrected chi connectivity index (χ1v) is 7.87. The highest BCUT2D eigenvalue weighted by molar-refractivity contribution is 7.89. The molecule has 0 spiro atoms. The Balaban J connectivity index is 0.00000161. The van der Waals surface area contributed by atoms with Crippen molar-refractivity contribution in [3.05, 3.63) is 42.7 Å². The number of aromatic nitrogens is 2. The molecule has 8 heteroatoms. The number of hydrogen-bond acceptors (Lipinski definition) is 4. The van der Waals surface area contributed by atoms with Crippen LogP contribution < -0.4 is 5.73 Å². The second kappa shape index (κ2) is 6.15. The number of nitrogens with two attached hydrogens (primary N) is 1. The van der Waals surface area contributed by atoms with Crippen LogP contribution in [-0.4, -0.2) is 41.6 Å². The molecule has 0 saturated carbocycles. The van der Waals surface area contributed by atoms with Gasteiger partial charge in [-0.3, -0.25) is 0 Å². The van der Waals surface area contributed by atoms with Crippen LogP contribution in [0.25, 0.3) is 5.69 Å². The van der Waals surface area contributed by atoms with Crippen LogP contribution in [0.4, 0.5) is 0 Å². The van der Waals surface area contributed by atoms with Crippen molar-refractivity contribution in [2.24, 2.45) is 5.73 Å². The molecule has 1 aromatic carbocycles. The number of halogens is 1. The van der Waals surface area contributed by atoms with E-state index in [9.17, 15) is 8.42 Å². The van der Waals surface area contributed by atoms with E-state index in [0.29, 0.717) is 19.5 Å². The molecule has 2 aromatic rings. The monoisotopic (exact) mass is 328 g/mol. The smallest absolute Gasteiger partial charge is 0.246 e. The molecule has 1 saturated heterocycles. The van der Waals surface area contributed by atoms with Gasteiger partial charge in [-0.15, -0.1) is 12.4 Å². The predicted octanol–water partition coefficient (Wildman–Crippen LogP) is 1.02. The van der Waals surface area contributed by atoms with Crippen molar-refractivity contribution in [1.82, 2.24) is 14.1 Å². The molecule has 0 unspecified atom stereocenters. The van der Waals surface area contributed by atoms with Crippen molar-refractivity contribution in [2.75, 3.05) is 13.1 Å². The zero-order valence-electron chi connectivity index (χ0n) is 11.3. The van der Waals surface area contributed by atoms with Crippen molar-refractivity contribution in [2.45, 2.75) is 17.4 Å². The number of rotatable bonds is 3. The summed E-state index contributed by atoms with van der Waals surface area (Å²) in [6.07, 6.45) is 3.62. The third-order valence-electron chi connectivity index (χ3n) is 3.40. The van der Waals surface area contributed by atoms with E-state index in [1.165, 1.54) is 16.7 Å². The van der Waals surface area contributed by atoms with Crippen LogP contribution in [0.15, 0.2) is 47.6 Å². The van der Waals surface area contributed by atoms with Gasteiger partial charge in [0, 0.05) is 19.1 Å². The average Bonchev–Trinajstić information content (AvgIpc) is 3.09. The Kier molecular flexibility index (Phi) is 4.67. The molecule has 0 bridgehead atoms. The normalized spacial score (nSPS) is 19.4. The highest BCUT2D eigenvalue weighted by Crippen LogP contribution is 2.20. The first kappa shape index (κ1) is 16.0. The zero-order chi connectivity index (χ0) is 14.2. The van der Waals surface area contributed by atoms with Crippen LogP contribution in [0.3, 0.4) is 0 Å². The van der Waals surface area contributed by atoms with Gasteiger partial charge in [0.05, 0.1) is 18.1 Å². The molecule has 1 fully saturated rings. The van der Waals surface area contributed by atoms with Crippen molar-refractivity contribution in [3.8, 4) is 5.69 Å². The molecule has 2 heterocycles. The van der Waals surface area contributed by atoms with Gasteiger partial charge in [0.15, 0.2) is 0 Å². The molecule has 1 atom stereocenters. The fraction of sp³-hybridized carbons (Fsp3) is 0.308. The van der Waals surface area contributed by atoms with Gasteiger partial charge in [0.1, 0.15) is 4.90 Å². The SMILES string of the molecule is Cl.N[C@@H]1CCN(S(=O)(=O)c2cnn(-c3ccccc3)c2)C1. The number of sulfonamides is 1. The zero-order valence-corrected chi connectivity index (χ0v) is 12.9. The lowest BCUT2D eigenvalue weighted by Gasteiger charge is -2.14. The van der Waals surface area contributed by atoms with Crippen LogP contribution in [0.2, 0.25) is 0 Å². The molecule has 6 nitrogen and oxygen atoms in total. The van der Waals surface area contributed by atoms with Crippen LogP contribution in [0.1, 0.15) is 6.42 Å². The van der Waals surface area contributed by atoms with E-state index in [2.05, 4.69) is 5.10 Å². The highest BCUT2D eigenvalue weighted by atomic mass is 35.5. The molecule has 0 aliphatic carbocycles. The second-order valence-electron chi connectivity index (χ2n) is 4.87. The Hall–Kier alpha value is -1.41. The lowest BCUT2D eigenvalue weighted by Crippen LogP contribution is -2.31. The lowest BCUT2D eigenvalue weighted by atomic mass is 10.3. The molecule has 114 valence electrons. The van der Waals surface area contributed by atoms with Crippen LogP contribution in [0, 0.1) is 0 Å². The summed E-state index contributed by atoms with van der Waals surface area (Å²) < 4.78 is 27.9. The minimum absolute atomic E-state index is 0. The van der Waals surface area contributed by atoms with Gasteiger partial charge < -0.3 is 5.73 Å². The van der Waals surface area contributed by atoms with E-state index in [0.717, 1.165) is 5.69 Å². The first-order chi connectivity index (χ1) is 9.57. The Morgan fingerprint density at radius 3 is 2.57 bits per heavy atom. The highest BCUT2D eigenvalue weighted by Gasteiger charge is 2.31. The van der Waals surface area contributed by atoms with Crippen LogP contribution >= 0.6 is 12.4 Å². The summed E-state index contributed by atoms with van der Waals surface area (Å²) in [5.41, 5.74) is 6.60. The van der Waals surface area contributed by atoms with Crippen molar-refractivity contribution < 1.29 is 8.42 Å². The predicted molar refractivity (Wildman–Crippen MR) is 82.2 cm³/mol. The minimum atomic E-state index is -3.49. The van der Waals surface area contributed by atoms with E-state index in [4.69, 9.17) is 5.73 Å². The molecule has 21 heavy (non-hydrogen) atoms. The molecule has 3 rings (SSSR count). The Morgan fingerprint density at radius 2 is 1.95 bits per heavy atom. The fourth-order valence-corrected chi connectivity index (χ4v) is 3.73. The Bertz CT molecular complexity index is 702. The van der Waals surface area contributed by atoms with E-state index in [1.54, 1.807) is 4.68 Å². The maximum atomic E-state index is 12.4. The lowest BCUT2D eigenvalue weighted by molar-refractivity contribution is 0.472. The van der Waals surface area contributed by atoms with Crippen LogP contribution in [-0.2, 0) is 10.0 Å². The number of hydrogen-bond donors (Lipinski definition) is 1. The van der Waals surface area contributed by atoms with Gasteiger partial charge in [-0.2, -0.15) is 9.40 Å². The Morgan fingerprint density at radius 1 is 1.24 bits per heavy atom. The van der Waals surface area contributed by atoms with E-state index in [-0.39, 0.29) is 23.3 Å². The summed E-state index contributed by atoms with van der Waals surface area (Å²) in [5.74, 6) is 0. The third kappa shape index (κ3) is 3.11. The van der Waals surface area contributed by atoms with E-state index < -0.39 is 10.0 Å². The van der Waals surface area contributed by atoms with Gasteiger partial charge in [0.25, 0.3) is 0 Å². The largest absolute Gasteiger partial charge is 0.326 e. The molecule has 0 amide bonds. The number of nitrogens with zero attached hydrogens (tertiary/aromatic N) is 3. The molecular formula is C13H17ClN4O2S. The molecule has 0 radical (unpaired) electrons. The maximum absolute atomic E-state index is 12.4. The third-order valence-corrected chi connectivity index (χ3v) is 5.22. The van der Waals surface area contributed by atoms with Crippen molar-refractivity contribution in [3.63, 3.8) is 0 Å². The van der Waals surface area contributed by atoms with E-state index >= 15 is 0 Å². The van der Waals surface area contributed by atoms with Crippen LogP contribution in [0.5, 0.6) is 0 Å². The fourth-order valence-electron chi connectivity index (χ4n) is 2.28. The molecule has 1 aromatic heterocycles. The molecule has 2 N–H and O–H groups in total. The summed E-state index contributed by atoms with van der Waals surface area (Å²) in [4.78, 5) is 0.204. The second-order valence-corrected chi connectivity index (χ2v) is 6.81. The van der Waals surface area contributed by atoms with Crippen molar-refractivity contribution in [1.29, 1.82) is 0 Å². The summed E-state index contributed by atoms with van der Waals surface area (Å²) >= 11 is 0. The van der Waals surface area contributed by atoms with Crippen molar-refractivity contribution >= 4 is 22.4 Å². The van der Waals surface area contributed by atoms with Gasteiger partial charge >= 0.3 is 0 Å². The number of para-hydroxylation sites is 1. The van der Waals surface area contributed by atoms with Gasteiger partial charge in [0.2, 0.25) is 10.0 Å². The maximum Gasteiger partial charge on any atom is 0.246 e. The van der Waals surface area contributed by atoms with Gasteiger partial charge in [-0.25, -0.2) is 13.1 Å². The molecular weight excluding hydrogens is 312 g/mol.